The molecule has 0 aliphatic heterocycles. The molecule has 10 N–H and O–H groups in total. The van der Waals surface area contributed by atoms with Crippen LogP contribution < -0.4 is 33.2 Å². The number of guanidine groups is 1. The largest absolute Gasteiger partial charge is 0.480 e. The van der Waals surface area contributed by atoms with Gasteiger partial charge in [-0.2, -0.15) is 24.4 Å². The first-order valence-corrected chi connectivity index (χ1v) is 11.2. The molecule has 0 radical (unpaired) electrons. The van der Waals surface area contributed by atoms with E-state index in [9.17, 15) is 24.3 Å². The summed E-state index contributed by atoms with van der Waals surface area (Å²) in [6.45, 7) is -0.240. The van der Waals surface area contributed by atoms with Gasteiger partial charge in [0, 0.05) is 12.3 Å². The topological polar surface area (TPSA) is 215 Å². The summed E-state index contributed by atoms with van der Waals surface area (Å²) < 4.78 is 0. The van der Waals surface area contributed by atoms with Crippen LogP contribution in [0.4, 0.5) is 0 Å². The van der Waals surface area contributed by atoms with Gasteiger partial charge in [-0.15, -0.1) is 0 Å². The molecule has 0 aliphatic rings. The van der Waals surface area contributed by atoms with E-state index in [1.165, 1.54) is 0 Å². The molecule has 0 saturated carbocycles. The number of nitrogens with two attached hydrogens (primary N) is 3. The minimum atomic E-state index is -1.22. The summed E-state index contributed by atoms with van der Waals surface area (Å²) in [5.41, 5.74) is 16.1. The Hall–Kier alpha value is -2.19. The molecular weight excluding hydrogens is 434 g/mol. The number of thiol groups is 1. The summed E-state index contributed by atoms with van der Waals surface area (Å²) in [6, 6.07) is -2.89. The second kappa shape index (κ2) is 15.6. The summed E-state index contributed by atoms with van der Waals surface area (Å²) >= 11 is 5.58. The minimum Gasteiger partial charge on any atom is -0.480 e. The van der Waals surface area contributed by atoms with Gasteiger partial charge in [0.05, 0.1) is 12.6 Å². The summed E-state index contributed by atoms with van der Waals surface area (Å²) in [6.07, 6.45) is 2.79. The number of carboxylic acids is 1. The minimum absolute atomic E-state index is 0.00299. The Morgan fingerprint density at radius 3 is 2.30 bits per heavy atom. The molecule has 0 saturated heterocycles. The van der Waals surface area contributed by atoms with Gasteiger partial charge in [-0.3, -0.25) is 19.4 Å². The van der Waals surface area contributed by atoms with Crippen molar-refractivity contribution in [1.29, 1.82) is 0 Å². The van der Waals surface area contributed by atoms with Crippen LogP contribution in [-0.2, 0) is 19.2 Å². The van der Waals surface area contributed by atoms with Crippen molar-refractivity contribution in [3.63, 3.8) is 0 Å². The molecule has 0 spiro atoms. The number of hydrogen-bond acceptors (Lipinski definition) is 8. The van der Waals surface area contributed by atoms with Gasteiger partial charge in [0.1, 0.15) is 12.1 Å². The van der Waals surface area contributed by atoms with Crippen LogP contribution in [-0.4, -0.2) is 83.7 Å². The van der Waals surface area contributed by atoms with Crippen molar-refractivity contribution in [3.8, 4) is 0 Å². The zero-order valence-electron chi connectivity index (χ0n) is 16.8. The Morgan fingerprint density at radius 2 is 1.77 bits per heavy atom. The van der Waals surface area contributed by atoms with Crippen molar-refractivity contribution in [2.75, 3.05) is 30.9 Å². The third-order valence-corrected chi connectivity index (χ3v) is 4.80. The number of carbonyl (C=O) groups is 4. The first-order chi connectivity index (χ1) is 14.1. The van der Waals surface area contributed by atoms with Gasteiger partial charge in [0.25, 0.3) is 0 Å². The Balaban J connectivity index is 4.52. The smallest absolute Gasteiger partial charge is 0.326 e. The second-order valence-corrected chi connectivity index (χ2v) is 7.61. The number of hydrogen-bond donors (Lipinski definition) is 8. The van der Waals surface area contributed by atoms with E-state index in [-0.39, 0.29) is 24.7 Å². The number of nitrogens with zero attached hydrogens (tertiary/aromatic N) is 1. The molecule has 0 heterocycles. The van der Waals surface area contributed by atoms with Crippen molar-refractivity contribution in [2.45, 2.75) is 37.4 Å². The predicted molar refractivity (Wildman–Crippen MR) is 119 cm³/mol. The number of aliphatic carboxylic acids is 1. The van der Waals surface area contributed by atoms with E-state index >= 15 is 0 Å². The lowest BCUT2D eigenvalue weighted by Gasteiger charge is -2.19. The molecule has 3 unspecified atom stereocenters. The number of carboxylic acid groups (broad SMARTS) is 1. The fraction of sp³-hybridized carbons (Fsp3) is 0.688. The van der Waals surface area contributed by atoms with Crippen molar-refractivity contribution in [1.82, 2.24) is 16.0 Å². The third-order valence-electron chi connectivity index (χ3n) is 3.79. The molecule has 3 amide bonds. The molecule has 14 heteroatoms. The third kappa shape index (κ3) is 12.4. The molecule has 12 nitrogen and oxygen atoms in total. The number of aliphatic imine (C=N–C) groups is 1. The van der Waals surface area contributed by atoms with Gasteiger partial charge in [-0.25, -0.2) is 4.79 Å². The molecule has 0 aromatic carbocycles. The first-order valence-electron chi connectivity index (χ1n) is 9.13. The standard InChI is InChI=1S/C16H31N7O5S2/c1-30-6-4-9(17)13(25)23-11(8-29)14(26)21-7-12(24)22-10(15(27)28)3-2-5-20-16(18)19/h9-11,29H,2-8,17H2,1H3,(H,21,26)(H,22,24)(H,23,25)(H,27,28)(H4,18,19,20). The zero-order chi connectivity index (χ0) is 23.1. The molecule has 0 rings (SSSR count). The monoisotopic (exact) mass is 465 g/mol. The van der Waals surface area contributed by atoms with E-state index in [0.717, 1.165) is 0 Å². The first kappa shape index (κ1) is 27.8. The van der Waals surface area contributed by atoms with Crippen LogP contribution in [0.5, 0.6) is 0 Å². The molecule has 30 heavy (non-hydrogen) atoms. The van der Waals surface area contributed by atoms with E-state index in [1.54, 1.807) is 11.8 Å². The van der Waals surface area contributed by atoms with Crippen molar-refractivity contribution >= 4 is 54.0 Å². The molecule has 0 aromatic rings. The van der Waals surface area contributed by atoms with E-state index in [0.29, 0.717) is 18.6 Å². The highest BCUT2D eigenvalue weighted by molar-refractivity contribution is 7.98. The fourth-order valence-electron chi connectivity index (χ4n) is 2.15. The maximum absolute atomic E-state index is 12.2. The average Bonchev–Trinajstić information content (AvgIpc) is 2.69. The van der Waals surface area contributed by atoms with Gasteiger partial charge in [0.2, 0.25) is 17.7 Å². The molecule has 3 atom stereocenters. The molecule has 0 bridgehead atoms. The van der Waals surface area contributed by atoms with Crippen molar-refractivity contribution in [3.05, 3.63) is 0 Å². The summed E-state index contributed by atoms with van der Waals surface area (Å²) in [4.78, 5) is 51.2. The number of rotatable bonds is 15. The Kier molecular flexibility index (Phi) is 14.5. The molecule has 0 fully saturated rings. The van der Waals surface area contributed by atoms with Crippen LogP contribution in [0.3, 0.4) is 0 Å². The van der Waals surface area contributed by atoms with Crippen LogP contribution in [0, 0.1) is 0 Å². The van der Waals surface area contributed by atoms with Crippen LogP contribution >= 0.6 is 24.4 Å². The van der Waals surface area contributed by atoms with E-state index in [1.807, 2.05) is 6.26 Å². The number of nitrogens with one attached hydrogen (secondary N) is 3. The van der Waals surface area contributed by atoms with Gasteiger partial charge in [-0.05, 0) is 31.3 Å². The molecule has 0 aromatic heterocycles. The maximum atomic E-state index is 12.2. The summed E-state index contributed by atoms with van der Waals surface area (Å²) in [5.74, 6) is -2.46. The Labute approximate surface area is 184 Å². The summed E-state index contributed by atoms with van der Waals surface area (Å²) in [7, 11) is 0. The zero-order valence-corrected chi connectivity index (χ0v) is 18.5. The lowest BCUT2D eigenvalue weighted by Crippen LogP contribution is -2.54. The predicted octanol–water partition coefficient (Wildman–Crippen LogP) is -2.78. The highest BCUT2D eigenvalue weighted by atomic mass is 32.2. The number of thioether (sulfide) groups is 1. The van der Waals surface area contributed by atoms with E-state index < -0.39 is 48.4 Å². The van der Waals surface area contributed by atoms with Gasteiger partial charge in [0.15, 0.2) is 5.96 Å². The van der Waals surface area contributed by atoms with Gasteiger partial charge in [-0.1, -0.05) is 0 Å². The quantitative estimate of drug-likeness (QED) is 0.0542. The Bertz CT molecular complexity index is 617. The van der Waals surface area contributed by atoms with Gasteiger partial charge < -0.3 is 38.3 Å². The normalized spacial score (nSPS) is 13.4. The maximum Gasteiger partial charge on any atom is 0.326 e. The highest BCUT2D eigenvalue weighted by Crippen LogP contribution is 2.00. The van der Waals surface area contributed by atoms with E-state index in [2.05, 4.69) is 33.6 Å². The molecular formula is C16H31N7O5S2. The Morgan fingerprint density at radius 1 is 1.10 bits per heavy atom. The van der Waals surface area contributed by atoms with Crippen LogP contribution in [0.15, 0.2) is 4.99 Å². The summed E-state index contributed by atoms with van der Waals surface area (Å²) in [5, 5.41) is 16.3. The lowest BCUT2D eigenvalue weighted by atomic mass is 10.1. The van der Waals surface area contributed by atoms with E-state index in [4.69, 9.17) is 17.2 Å². The lowest BCUT2D eigenvalue weighted by molar-refractivity contribution is -0.142. The molecule has 172 valence electrons. The fourth-order valence-corrected chi connectivity index (χ4v) is 2.89. The number of carbonyl (C=O) groups excluding carboxylic acids is 3. The van der Waals surface area contributed by atoms with Crippen LogP contribution in [0.2, 0.25) is 0 Å². The number of amides is 3. The van der Waals surface area contributed by atoms with Crippen molar-refractivity contribution < 1.29 is 24.3 Å². The van der Waals surface area contributed by atoms with Crippen molar-refractivity contribution in [2.24, 2.45) is 22.2 Å². The highest BCUT2D eigenvalue weighted by Gasteiger charge is 2.24. The molecule has 0 aliphatic carbocycles. The van der Waals surface area contributed by atoms with Crippen LogP contribution in [0.25, 0.3) is 0 Å². The SMILES string of the molecule is CSCCC(N)C(=O)NC(CS)C(=O)NCC(=O)NC(CCCN=C(N)N)C(=O)O. The van der Waals surface area contributed by atoms with Gasteiger partial charge >= 0.3 is 5.97 Å². The average molecular weight is 466 g/mol. The van der Waals surface area contributed by atoms with Crippen LogP contribution in [0.1, 0.15) is 19.3 Å². The second-order valence-electron chi connectivity index (χ2n) is 6.26.